The van der Waals surface area contributed by atoms with Gasteiger partial charge in [-0.1, -0.05) is 157 Å². The third-order valence-electron chi connectivity index (χ3n) is 10.7. The zero-order valence-corrected chi connectivity index (χ0v) is 36.4. The Labute approximate surface area is 378 Å². The van der Waals surface area contributed by atoms with Crippen LogP contribution in [-0.4, -0.2) is 74.5 Å². The van der Waals surface area contributed by atoms with Gasteiger partial charge in [0.05, 0.1) is 0 Å². The van der Waals surface area contributed by atoms with E-state index in [0.29, 0.717) is 21.8 Å². The minimum Gasteiger partial charge on any atom is -0.448 e. The van der Waals surface area contributed by atoms with E-state index in [2.05, 4.69) is 21.1 Å². The lowest BCUT2D eigenvalue weighted by molar-refractivity contribution is -0.154. The van der Waals surface area contributed by atoms with Gasteiger partial charge in [0.25, 0.3) is 11.8 Å². The highest BCUT2D eigenvalue weighted by atomic mass is 32.2. The molecule has 2 aliphatic rings. The Morgan fingerprint density at radius 2 is 1.33 bits per heavy atom. The number of hydrogen-bond acceptors (Lipinski definition) is 12. The van der Waals surface area contributed by atoms with Crippen LogP contribution in [0.15, 0.2) is 173 Å². The Morgan fingerprint density at radius 3 is 1.83 bits per heavy atom. The van der Waals surface area contributed by atoms with E-state index in [1.807, 2.05) is 152 Å². The van der Waals surface area contributed by atoms with E-state index in [1.54, 1.807) is 19.2 Å². The van der Waals surface area contributed by atoms with Gasteiger partial charge in [0.2, 0.25) is 0 Å². The third kappa shape index (κ3) is 8.98. The summed E-state index contributed by atoms with van der Waals surface area (Å²) < 4.78 is 11.7. The van der Waals surface area contributed by atoms with Crippen LogP contribution in [0.5, 0.6) is 0 Å². The summed E-state index contributed by atoms with van der Waals surface area (Å²) in [4.78, 5) is 61.0. The molecule has 8 rings (SSSR count). The van der Waals surface area contributed by atoms with Crippen molar-refractivity contribution in [3.05, 3.63) is 202 Å². The summed E-state index contributed by atoms with van der Waals surface area (Å²) in [7, 11) is 0. The number of benzene rings is 5. The number of fused-ring (bicyclic) bond motifs is 1. The maximum atomic E-state index is 14.4. The van der Waals surface area contributed by atoms with E-state index in [-0.39, 0.29) is 29.8 Å². The molecular weight excluding hydrogens is 849 g/mol. The van der Waals surface area contributed by atoms with Gasteiger partial charge in [-0.15, -0.1) is 23.1 Å². The molecule has 4 N–H and O–H groups in total. The zero-order valence-electron chi connectivity index (χ0n) is 34.8. The van der Waals surface area contributed by atoms with E-state index >= 15 is 0 Å². The molecule has 1 saturated heterocycles. The fraction of sp³-hybridized carbons (Fsp3) is 0.184. The molecule has 324 valence electrons. The quantitative estimate of drug-likeness (QED) is 0.0199. The van der Waals surface area contributed by atoms with Gasteiger partial charge < -0.3 is 30.6 Å². The number of alkyl carbamates (subject to hydrolysis) is 1. The summed E-state index contributed by atoms with van der Waals surface area (Å²) in [6.45, 7) is 3.29. The molecule has 64 heavy (non-hydrogen) atoms. The van der Waals surface area contributed by atoms with Gasteiger partial charge >= 0.3 is 12.1 Å². The lowest BCUT2D eigenvalue weighted by Crippen LogP contribution is -2.71. The zero-order chi connectivity index (χ0) is 44.6. The summed E-state index contributed by atoms with van der Waals surface area (Å²) in [5, 5.41) is 23.9. The number of nitrogens with one attached hydrogen (secondary N) is 3. The van der Waals surface area contributed by atoms with Gasteiger partial charge in [-0.25, -0.2) is 14.6 Å². The van der Waals surface area contributed by atoms with E-state index in [4.69, 9.17) is 14.5 Å². The van der Waals surface area contributed by atoms with E-state index in [0.717, 1.165) is 16.7 Å². The molecule has 2 atom stereocenters. The number of amides is 3. The van der Waals surface area contributed by atoms with Crippen molar-refractivity contribution in [2.75, 3.05) is 17.7 Å². The number of hydrogen-bond donors (Lipinski definition) is 4. The van der Waals surface area contributed by atoms with Gasteiger partial charge in [0.15, 0.2) is 16.9 Å². The first-order valence-electron chi connectivity index (χ1n) is 20.5. The van der Waals surface area contributed by atoms with E-state index in [9.17, 15) is 24.4 Å². The number of carbonyl (C=O) groups excluding carboxylic acids is 4. The molecule has 5 aromatic carbocycles. The molecule has 0 radical (unpaired) electrons. The highest BCUT2D eigenvalue weighted by Gasteiger charge is 2.55. The molecule has 0 bridgehead atoms. The topological polar surface area (TPSA) is 172 Å². The number of esters is 1. The smallest absolute Gasteiger partial charge is 0.407 e. The van der Waals surface area contributed by atoms with Crippen molar-refractivity contribution in [3.63, 3.8) is 0 Å². The molecule has 2 aliphatic heterocycles. The first-order chi connectivity index (χ1) is 31.2. The van der Waals surface area contributed by atoms with Crippen molar-refractivity contribution in [3.8, 4) is 0 Å². The second-order valence-corrected chi connectivity index (χ2v) is 17.2. The molecular formula is C49H44N6O7S2. The van der Waals surface area contributed by atoms with Crippen LogP contribution in [0.2, 0.25) is 0 Å². The average molecular weight is 893 g/mol. The highest BCUT2D eigenvalue weighted by Crippen LogP contribution is 2.43. The van der Waals surface area contributed by atoms with Gasteiger partial charge in [-0.3, -0.25) is 14.5 Å². The van der Waals surface area contributed by atoms with Crippen LogP contribution in [0.4, 0.5) is 9.93 Å². The lowest BCUT2D eigenvalue weighted by atomic mass is 9.77. The summed E-state index contributed by atoms with van der Waals surface area (Å²) in [6.07, 6.45) is -1.51. The van der Waals surface area contributed by atoms with Crippen LogP contribution >= 0.6 is 23.1 Å². The summed E-state index contributed by atoms with van der Waals surface area (Å²) in [5.41, 5.74) is 3.30. The summed E-state index contributed by atoms with van der Waals surface area (Å²) in [5.74, 6) is -2.08. The Hall–Kier alpha value is -7.23. The number of anilines is 1. The van der Waals surface area contributed by atoms with Crippen LogP contribution in [0, 0.1) is 0 Å². The number of rotatable bonds is 15. The predicted octanol–water partition coefficient (Wildman–Crippen LogP) is 7.85. The molecule has 0 aliphatic carbocycles. The fourth-order valence-electron chi connectivity index (χ4n) is 7.76. The molecule has 15 heteroatoms. The van der Waals surface area contributed by atoms with Gasteiger partial charge in [-0.2, -0.15) is 0 Å². The monoisotopic (exact) mass is 892 g/mol. The number of aromatic nitrogens is 1. The predicted molar refractivity (Wildman–Crippen MR) is 246 cm³/mol. The molecule has 3 heterocycles. The normalized spacial score (nSPS) is 16.2. The molecule has 6 aromatic rings. The second kappa shape index (κ2) is 19.4. The molecule has 0 unspecified atom stereocenters. The minimum atomic E-state index is -1.11. The highest BCUT2D eigenvalue weighted by molar-refractivity contribution is 8.00. The van der Waals surface area contributed by atoms with E-state index in [1.165, 1.54) is 28.0 Å². The first-order valence-corrected chi connectivity index (χ1v) is 22.4. The van der Waals surface area contributed by atoms with Crippen molar-refractivity contribution >= 4 is 57.8 Å². The molecule has 13 nitrogen and oxygen atoms in total. The van der Waals surface area contributed by atoms with Gasteiger partial charge in [0, 0.05) is 22.7 Å². The maximum Gasteiger partial charge on any atom is 0.407 e. The van der Waals surface area contributed by atoms with Gasteiger partial charge in [0.1, 0.15) is 35.0 Å². The lowest BCUT2D eigenvalue weighted by Gasteiger charge is -2.49. The largest absolute Gasteiger partial charge is 0.448 e. The van der Waals surface area contributed by atoms with Crippen LogP contribution in [-0.2, 0) is 29.4 Å². The molecule has 0 saturated carbocycles. The van der Waals surface area contributed by atoms with E-state index < -0.39 is 52.6 Å². The number of thiazole rings is 1. The van der Waals surface area contributed by atoms with Gasteiger partial charge in [-0.05, 0) is 41.7 Å². The maximum absolute atomic E-state index is 14.4. The summed E-state index contributed by atoms with van der Waals surface area (Å²) in [6, 6.07) is 47.0. The number of carbonyl (C=O) groups is 4. The van der Waals surface area contributed by atoms with Crippen molar-refractivity contribution < 1.29 is 33.9 Å². The third-order valence-corrected chi connectivity index (χ3v) is 12.8. The molecule has 1 aromatic heterocycles. The van der Waals surface area contributed by atoms with Crippen molar-refractivity contribution in [2.24, 2.45) is 5.16 Å². The number of oxime groups is 1. The fourth-order valence-corrected chi connectivity index (χ4v) is 9.84. The van der Waals surface area contributed by atoms with Crippen LogP contribution in [0.25, 0.3) is 0 Å². The van der Waals surface area contributed by atoms with Crippen molar-refractivity contribution in [2.45, 2.75) is 42.9 Å². The van der Waals surface area contributed by atoms with Crippen LogP contribution in [0.1, 0.15) is 53.5 Å². The standard InChI is InChI=1S/C49H44N6O7S2/c1-31(2)50-48(59)61-28-34-29-63-45-40(44(57)55(45)41(34)46(58)62-42(32-18-8-3-9-19-32)33-20-10-4-11-21-33)52-43(56)39(54-60)38-30-64-47(51-38)53-49(35-22-12-5-13-23-35,36-24-14-6-15-25-36)37-26-16-7-17-27-37/h3-27,30-31,40,42,45,60H,28-29H2,1-2H3,(H,50,59)(H,51,53)(H,52,56)/b54-39-/t40-,45-/m1/s1. The summed E-state index contributed by atoms with van der Waals surface area (Å²) >= 11 is 2.50. The second-order valence-electron chi connectivity index (χ2n) is 15.3. The number of nitrogens with zero attached hydrogens (tertiary/aromatic N) is 3. The van der Waals surface area contributed by atoms with Crippen molar-refractivity contribution in [1.82, 2.24) is 20.5 Å². The number of ether oxygens (including phenoxy) is 2. The van der Waals surface area contributed by atoms with Crippen LogP contribution in [0.3, 0.4) is 0 Å². The average Bonchev–Trinajstić information content (AvgIpc) is 3.79. The Kier molecular flexibility index (Phi) is 13.2. The number of β-lactam (4-membered cyclic amide) rings is 1. The molecule has 1 fully saturated rings. The SMILES string of the molecule is CC(C)NC(=O)OCC1=C(C(=O)OC(c2ccccc2)c2ccccc2)N2C(=O)[C@@H](NC(=O)/C(=N\O)c3csc(NC(c4ccccc4)(c4ccccc4)c4ccccc4)n3)[C@H]2SC1. The van der Waals surface area contributed by atoms with Crippen molar-refractivity contribution in [1.29, 1.82) is 0 Å². The Bertz CT molecular complexity index is 2530. The number of thioether (sulfide) groups is 1. The molecule has 3 amide bonds. The Morgan fingerprint density at radius 1 is 0.812 bits per heavy atom. The minimum absolute atomic E-state index is 0.0709. The Balaban J connectivity index is 1.04. The first kappa shape index (κ1) is 43.4. The molecule has 0 spiro atoms. The van der Waals surface area contributed by atoms with Crippen LogP contribution < -0.4 is 16.0 Å².